The molecule has 0 aliphatic carbocycles. The van der Waals surface area contributed by atoms with Crippen molar-refractivity contribution in [2.45, 2.75) is 167 Å². The fourth-order valence-electron chi connectivity index (χ4n) is 5.19. The van der Waals surface area contributed by atoms with Gasteiger partial charge in [0.2, 0.25) is 0 Å². The minimum atomic E-state index is -1.12. The molecule has 0 radical (unpaired) electrons. The monoisotopic (exact) mass is 613 g/mol. The number of hydrogen-bond acceptors (Lipinski definition) is 7. The molecular weight excluding hydrogens is 546 g/mol. The van der Waals surface area contributed by atoms with Gasteiger partial charge in [0.1, 0.15) is 12.6 Å². The Labute approximate surface area is 264 Å². The molecule has 0 rings (SSSR count). The Bertz CT molecular complexity index is 692. The van der Waals surface area contributed by atoms with Crippen LogP contribution in [0.4, 0.5) is 0 Å². The van der Waals surface area contributed by atoms with Gasteiger partial charge in [-0.2, -0.15) is 0 Å². The fourth-order valence-corrected chi connectivity index (χ4v) is 5.19. The topological polar surface area (TPSA) is 102 Å². The molecule has 0 saturated carbocycles. The highest BCUT2D eigenvalue weighted by atomic mass is 16.6. The van der Waals surface area contributed by atoms with Gasteiger partial charge in [-0.15, -0.1) is 0 Å². The molecule has 254 valence electrons. The predicted molar refractivity (Wildman–Crippen MR) is 171 cm³/mol. The van der Waals surface area contributed by atoms with Crippen molar-refractivity contribution in [2.24, 2.45) is 0 Å². The minimum absolute atomic E-state index is 0.0468. The van der Waals surface area contributed by atoms with Crippen LogP contribution in [0.25, 0.3) is 0 Å². The Hall–Kier alpha value is -1.67. The van der Waals surface area contributed by atoms with Crippen LogP contribution in [-0.2, 0) is 28.6 Å². The third-order valence-corrected chi connectivity index (χ3v) is 7.99. The summed E-state index contributed by atoms with van der Waals surface area (Å²) < 4.78 is 16.9. The van der Waals surface area contributed by atoms with Gasteiger partial charge >= 0.3 is 11.9 Å². The SMILES string of the molecule is CCCCCCCCCCCCCCCCC(=O)OC(COCCC(C(=O)[O-])[N+](C)(C)C)COC(=O)CCCCCCC. The van der Waals surface area contributed by atoms with Crippen LogP contribution in [0.2, 0.25) is 0 Å². The van der Waals surface area contributed by atoms with Crippen molar-refractivity contribution in [1.82, 2.24) is 0 Å². The minimum Gasteiger partial charge on any atom is -0.544 e. The van der Waals surface area contributed by atoms with Crippen molar-refractivity contribution in [1.29, 1.82) is 0 Å². The molecule has 43 heavy (non-hydrogen) atoms. The van der Waals surface area contributed by atoms with Crippen LogP contribution in [-0.4, -0.2) is 75.5 Å². The molecule has 0 amide bonds. The molecule has 0 saturated heterocycles. The smallest absolute Gasteiger partial charge is 0.306 e. The molecule has 0 aromatic heterocycles. The van der Waals surface area contributed by atoms with E-state index in [4.69, 9.17) is 14.2 Å². The van der Waals surface area contributed by atoms with Gasteiger partial charge in [0.15, 0.2) is 6.10 Å². The van der Waals surface area contributed by atoms with E-state index in [2.05, 4.69) is 13.8 Å². The number of quaternary nitrogens is 1. The van der Waals surface area contributed by atoms with Gasteiger partial charge in [0.05, 0.1) is 40.3 Å². The fraction of sp³-hybridized carbons (Fsp3) is 0.914. The summed E-state index contributed by atoms with van der Waals surface area (Å²) in [6.45, 7) is 4.57. The number of rotatable bonds is 31. The van der Waals surface area contributed by atoms with Crippen molar-refractivity contribution < 1.29 is 38.2 Å². The summed E-state index contributed by atoms with van der Waals surface area (Å²) in [5, 5.41) is 11.5. The molecule has 0 aliphatic rings. The van der Waals surface area contributed by atoms with E-state index in [-0.39, 0.29) is 42.7 Å². The Morgan fingerprint density at radius 1 is 0.605 bits per heavy atom. The molecule has 0 aliphatic heterocycles. The summed E-state index contributed by atoms with van der Waals surface area (Å²) in [6, 6.07) is -0.716. The molecule has 0 fully saturated rings. The van der Waals surface area contributed by atoms with E-state index in [9.17, 15) is 19.5 Å². The molecule has 2 atom stereocenters. The van der Waals surface area contributed by atoms with Crippen molar-refractivity contribution >= 4 is 17.9 Å². The lowest BCUT2D eigenvalue weighted by molar-refractivity contribution is -0.889. The summed E-state index contributed by atoms with van der Waals surface area (Å²) in [5.74, 6) is -1.74. The summed E-state index contributed by atoms with van der Waals surface area (Å²) in [4.78, 5) is 36.3. The molecule has 0 aromatic carbocycles. The van der Waals surface area contributed by atoms with Crippen LogP contribution in [0.1, 0.15) is 155 Å². The highest BCUT2D eigenvalue weighted by molar-refractivity contribution is 5.70. The van der Waals surface area contributed by atoms with E-state index in [1.165, 1.54) is 70.6 Å². The molecule has 0 spiro atoms. The third-order valence-electron chi connectivity index (χ3n) is 7.99. The van der Waals surface area contributed by atoms with Crippen LogP contribution in [0.3, 0.4) is 0 Å². The normalized spacial score (nSPS) is 13.0. The van der Waals surface area contributed by atoms with Crippen molar-refractivity contribution in [3.63, 3.8) is 0 Å². The Kier molecular flexibility index (Phi) is 26.8. The number of ether oxygens (including phenoxy) is 3. The van der Waals surface area contributed by atoms with Gasteiger partial charge in [0.25, 0.3) is 0 Å². The first-order chi connectivity index (χ1) is 20.6. The summed E-state index contributed by atoms with van der Waals surface area (Å²) >= 11 is 0. The number of likely N-dealkylation sites (N-methyl/N-ethyl adjacent to an activating group) is 1. The van der Waals surface area contributed by atoms with Gasteiger partial charge < -0.3 is 28.6 Å². The lowest BCUT2D eigenvalue weighted by atomic mass is 10.0. The second-order valence-corrected chi connectivity index (χ2v) is 13.1. The van der Waals surface area contributed by atoms with Gasteiger partial charge in [-0.25, -0.2) is 0 Å². The van der Waals surface area contributed by atoms with E-state index in [1.807, 2.05) is 0 Å². The quantitative estimate of drug-likeness (QED) is 0.0476. The van der Waals surface area contributed by atoms with Crippen LogP contribution in [0.15, 0.2) is 0 Å². The van der Waals surface area contributed by atoms with Crippen LogP contribution >= 0.6 is 0 Å². The molecule has 0 heterocycles. The van der Waals surface area contributed by atoms with E-state index < -0.39 is 18.1 Å². The van der Waals surface area contributed by atoms with Crippen LogP contribution < -0.4 is 5.11 Å². The van der Waals surface area contributed by atoms with Crippen LogP contribution in [0, 0.1) is 0 Å². The van der Waals surface area contributed by atoms with Crippen LogP contribution in [0.5, 0.6) is 0 Å². The number of carbonyl (C=O) groups excluding carboxylic acids is 3. The zero-order valence-electron chi connectivity index (χ0n) is 28.6. The van der Waals surface area contributed by atoms with Gasteiger partial charge in [-0.05, 0) is 12.8 Å². The molecule has 2 unspecified atom stereocenters. The number of hydrogen-bond donors (Lipinski definition) is 0. The Balaban J connectivity index is 4.33. The van der Waals surface area contributed by atoms with E-state index >= 15 is 0 Å². The largest absolute Gasteiger partial charge is 0.544 e. The molecule has 8 heteroatoms. The maximum Gasteiger partial charge on any atom is 0.306 e. The zero-order chi connectivity index (χ0) is 32.2. The maximum atomic E-state index is 12.5. The lowest BCUT2D eigenvalue weighted by Gasteiger charge is -2.34. The van der Waals surface area contributed by atoms with Crippen molar-refractivity contribution in [3.05, 3.63) is 0 Å². The highest BCUT2D eigenvalue weighted by Crippen LogP contribution is 2.14. The molecule has 0 N–H and O–H groups in total. The third kappa shape index (κ3) is 26.5. The number of carboxylic acid groups (broad SMARTS) is 1. The lowest BCUT2D eigenvalue weighted by Crippen LogP contribution is -2.55. The van der Waals surface area contributed by atoms with Gasteiger partial charge in [0, 0.05) is 19.3 Å². The standard InChI is InChI=1S/C35H67NO7/c1-6-8-10-12-13-14-15-16-17-18-19-20-22-24-26-34(38)43-31(30-42-33(37)25-23-21-11-9-7-2)29-41-28-27-32(35(39)40)36(3,4)5/h31-32H,6-30H2,1-5H3. The number of esters is 2. The number of carbonyl (C=O) groups is 3. The maximum absolute atomic E-state index is 12.5. The predicted octanol–water partition coefficient (Wildman–Crippen LogP) is 6.90. The molecular formula is C35H67NO7. The highest BCUT2D eigenvalue weighted by Gasteiger charge is 2.25. The zero-order valence-corrected chi connectivity index (χ0v) is 28.6. The second-order valence-electron chi connectivity index (χ2n) is 13.1. The van der Waals surface area contributed by atoms with E-state index in [0.717, 1.165) is 51.4 Å². The second kappa shape index (κ2) is 27.8. The Morgan fingerprint density at radius 2 is 1.02 bits per heavy atom. The average Bonchev–Trinajstić information content (AvgIpc) is 2.94. The average molecular weight is 614 g/mol. The first-order valence-electron chi connectivity index (χ1n) is 17.6. The number of nitrogens with zero attached hydrogens (tertiary/aromatic N) is 1. The van der Waals surface area contributed by atoms with Gasteiger partial charge in [-0.1, -0.05) is 123 Å². The molecule has 0 aromatic rings. The van der Waals surface area contributed by atoms with Gasteiger partial charge in [-0.3, -0.25) is 9.59 Å². The van der Waals surface area contributed by atoms with E-state index in [1.54, 1.807) is 21.1 Å². The summed E-state index contributed by atoms with van der Waals surface area (Å²) in [6.07, 6.45) is 23.0. The first-order valence-corrected chi connectivity index (χ1v) is 17.6. The number of unbranched alkanes of at least 4 members (excludes halogenated alkanes) is 17. The number of aliphatic carboxylic acids is 1. The number of carboxylic acids is 1. The molecule has 8 nitrogen and oxygen atoms in total. The summed E-state index contributed by atoms with van der Waals surface area (Å²) in [5.41, 5.74) is 0. The summed E-state index contributed by atoms with van der Waals surface area (Å²) in [7, 11) is 5.39. The van der Waals surface area contributed by atoms with E-state index in [0.29, 0.717) is 12.8 Å². The first kappa shape index (κ1) is 41.3. The Morgan fingerprint density at radius 3 is 1.44 bits per heavy atom. The van der Waals surface area contributed by atoms with Crippen molar-refractivity contribution in [3.8, 4) is 0 Å². The van der Waals surface area contributed by atoms with Crippen molar-refractivity contribution in [2.75, 3.05) is 41.0 Å². The molecule has 0 bridgehead atoms.